The molecule has 1 aliphatic carbocycles. The molecule has 1 fully saturated rings. The number of nitrogens with zero attached hydrogens (tertiary/aromatic N) is 3. The largest absolute Gasteiger partial charge is 0.325 e. The Kier molecular flexibility index (Phi) is 5.00. The number of pyridine rings is 1. The molecule has 8 heteroatoms. The second-order valence-electron chi connectivity index (χ2n) is 7.62. The van der Waals surface area contributed by atoms with Crippen LogP contribution in [0.2, 0.25) is 5.02 Å². The number of hydrogen-bond donors (Lipinski definition) is 2. The van der Waals surface area contributed by atoms with E-state index >= 15 is 0 Å². The predicted octanol–water partition coefficient (Wildman–Crippen LogP) is 4.75. The number of fused-ring (bicyclic) bond motifs is 1. The lowest BCUT2D eigenvalue weighted by Gasteiger charge is -2.12. The van der Waals surface area contributed by atoms with Gasteiger partial charge in [-0.2, -0.15) is 5.10 Å². The molecular formula is C21H22ClN5O2. The van der Waals surface area contributed by atoms with E-state index in [9.17, 15) is 9.59 Å². The van der Waals surface area contributed by atoms with E-state index in [4.69, 9.17) is 16.6 Å². The van der Waals surface area contributed by atoms with Gasteiger partial charge in [0.15, 0.2) is 5.65 Å². The molecule has 150 valence electrons. The number of hydrogen-bond acceptors (Lipinski definition) is 4. The Morgan fingerprint density at radius 3 is 2.59 bits per heavy atom. The number of amides is 2. The van der Waals surface area contributed by atoms with Crippen molar-refractivity contribution < 1.29 is 9.59 Å². The van der Waals surface area contributed by atoms with Crippen molar-refractivity contribution in [1.29, 1.82) is 0 Å². The molecule has 0 radical (unpaired) electrons. The van der Waals surface area contributed by atoms with Crippen molar-refractivity contribution in [3.05, 3.63) is 46.7 Å². The first kappa shape index (κ1) is 19.4. The minimum absolute atomic E-state index is 0.144. The number of carbonyl (C=O) groups excluding carboxylic acids is 2. The summed E-state index contributed by atoms with van der Waals surface area (Å²) in [6, 6.07) is 6.99. The van der Waals surface area contributed by atoms with Crippen LogP contribution in [0.1, 0.15) is 61.6 Å². The molecule has 0 bridgehead atoms. The fraction of sp³-hybridized carbons (Fsp3) is 0.333. The van der Waals surface area contributed by atoms with E-state index in [2.05, 4.69) is 15.7 Å². The van der Waals surface area contributed by atoms with Gasteiger partial charge in [-0.05, 0) is 51.0 Å². The van der Waals surface area contributed by atoms with E-state index in [0.717, 1.165) is 29.6 Å². The number of rotatable bonds is 5. The highest BCUT2D eigenvalue weighted by Crippen LogP contribution is 2.40. The standard InChI is InChI=1S/C21H22ClN5O2/c1-11(2)27-20-16(10-23-27)15(9-19(26-20)13-4-5-13)21(29)25-14-6-7-18(17(22)8-14)24-12(3)28/h6-11,13H,4-5H2,1-3H3,(H,24,28)(H,25,29). The van der Waals surface area contributed by atoms with Crippen molar-refractivity contribution in [2.45, 2.75) is 45.6 Å². The van der Waals surface area contributed by atoms with Crippen molar-refractivity contribution in [3.8, 4) is 0 Å². The quantitative estimate of drug-likeness (QED) is 0.633. The van der Waals surface area contributed by atoms with Crippen LogP contribution < -0.4 is 10.6 Å². The maximum atomic E-state index is 13.1. The van der Waals surface area contributed by atoms with E-state index in [1.54, 1.807) is 24.4 Å². The molecule has 1 aromatic carbocycles. The third kappa shape index (κ3) is 3.96. The van der Waals surface area contributed by atoms with Crippen LogP contribution in [0.3, 0.4) is 0 Å². The Bertz CT molecular complexity index is 1120. The maximum Gasteiger partial charge on any atom is 0.256 e. The van der Waals surface area contributed by atoms with Crippen LogP contribution in [-0.4, -0.2) is 26.6 Å². The van der Waals surface area contributed by atoms with Crippen LogP contribution in [0, 0.1) is 0 Å². The maximum absolute atomic E-state index is 13.1. The smallest absolute Gasteiger partial charge is 0.256 e. The van der Waals surface area contributed by atoms with Crippen molar-refractivity contribution >= 4 is 45.8 Å². The van der Waals surface area contributed by atoms with Gasteiger partial charge in [0.05, 0.1) is 27.9 Å². The molecule has 7 nitrogen and oxygen atoms in total. The average molecular weight is 412 g/mol. The molecule has 0 aliphatic heterocycles. The van der Waals surface area contributed by atoms with Crippen LogP contribution in [0.25, 0.3) is 11.0 Å². The number of benzene rings is 1. The van der Waals surface area contributed by atoms with Crippen molar-refractivity contribution in [2.75, 3.05) is 10.6 Å². The Balaban J connectivity index is 1.68. The van der Waals surface area contributed by atoms with Gasteiger partial charge in [0.1, 0.15) is 0 Å². The fourth-order valence-corrected chi connectivity index (χ4v) is 3.50. The number of halogens is 1. The zero-order valence-corrected chi connectivity index (χ0v) is 17.2. The van der Waals surface area contributed by atoms with E-state index in [-0.39, 0.29) is 17.9 Å². The van der Waals surface area contributed by atoms with Gasteiger partial charge in [0, 0.05) is 30.3 Å². The average Bonchev–Trinajstić information content (AvgIpc) is 3.41. The monoisotopic (exact) mass is 411 g/mol. The summed E-state index contributed by atoms with van der Waals surface area (Å²) in [6.45, 7) is 5.49. The number of carbonyl (C=O) groups is 2. The highest BCUT2D eigenvalue weighted by Gasteiger charge is 2.28. The van der Waals surface area contributed by atoms with Crippen LogP contribution >= 0.6 is 11.6 Å². The summed E-state index contributed by atoms with van der Waals surface area (Å²) in [7, 11) is 0. The van der Waals surface area contributed by atoms with E-state index in [0.29, 0.717) is 27.9 Å². The summed E-state index contributed by atoms with van der Waals surface area (Å²) in [5.74, 6) is -0.0450. The van der Waals surface area contributed by atoms with Crippen LogP contribution in [-0.2, 0) is 4.79 Å². The first-order valence-electron chi connectivity index (χ1n) is 9.60. The zero-order chi connectivity index (χ0) is 20.7. The lowest BCUT2D eigenvalue weighted by Crippen LogP contribution is -2.14. The highest BCUT2D eigenvalue weighted by molar-refractivity contribution is 6.34. The second-order valence-corrected chi connectivity index (χ2v) is 8.03. The Morgan fingerprint density at radius 1 is 1.21 bits per heavy atom. The third-order valence-corrected chi connectivity index (χ3v) is 5.17. The van der Waals surface area contributed by atoms with E-state index in [1.165, 1.54) is 6.92 Å². The Labute approximate surface area is 173 Å². The Morgan fingerprint density at radius 2 is 1.97 bits per heavy atom. The molecule has 1 saturated carbocycles. The summed E-state index contributed by atoms with van der Waals surface area (Å²) >= 11 is 6.22. The van der Waals surface area contributed by atoms with Gasteiger partial charge in [-0.25, -0.2) is 9.67 Å². The number of aromatic nitrogens is 3. The van der Waals surface area contributed by atoms with Gasteiger partial charge in [-0.3, -0.25) is 9.59 Å². The molecule has 3 aromatic rings. The molecule has 29 heavy (non-hydrogen) atoms. The summed E-state index contributed by atoms with van der Waals surface area (Å²) in [5, 5.41) is 11.0. The lowest BCUT2D eigenvalue weighted by atomic mass is 10.1. The minimum Gasteiger partial charge on any atom is -0.325 e. The van der Waals surface area contributed by atoms with Gasteiger partial charge >= 0.3 is 0 Å². The van der Waals surface area contributed by atoms with Crippen molar-refractivity contribution in [3.63, 3.8) is 0 Å². The molecule has 4 rings (SSSR count). The highest BCUT2D eigenvalue weighted by atomic mass is 35.5. The normalized spacial score (nSPS) is 13.7. The van der Waals surface area contributed by atoms with Gasteiger partial charge < -0.3 is 10.6 Å². The van der Waals surface area contributed by atoms with E-state index < -0.39 is 0 Å². The summed E-state index contributed by atoms with van der Waals surface area (Å²) in [4.78, 5) is 29.1. The molecule has 2 heterocycles. The summed E-state index contributed by atoms with van der Waals surface area (Å²) in [5.41, 5.74) is 3.25. The molecular weight excluding hydrogens is 390 g/mol. The molecule has 0 spiro atoms. The lowest BCUT2D eigenvalue weighted by molar-refractivity contribution is -0.114. The molecule has 0 unspecified atom stereocenters. The van der Waals surface area contributed by atoms with Gasteiger partial charge in [0.25, 0.3) is 5.91 Å². The number of nitrogens with one attached hydrogen (secondary N) is 2. The molecule has 2 N–H and O–H groups in total. The van der Waals surface area contributed by atoms with Crippen LogP contribution in [0.4, 0.5) is 11.4 Å². The fourth-order valence-electron chi connectivity index (χ4n) is 3.27. The molecule has 0 atom stereocenters. The molecule has 1 aliphatic rings. The number of anilines is 2. The zero-order valence-electron chi connectivity index (χ0n) is 16.5. The first-order valence-corrected chi connectivity index (χ1v) is 9.98. The topological polar surface area (TPSA) is 88.9 Å². The molecule has 2 aromatic heterocycles. The third-order valence-electron chi connectivity index (χ3n) is 4.85. The van der Waals surface area contributed by atoms with Crippen molar-refractivity contribution in [2.24, 2.45) is 0 Å². The summed E-state index contributed by atoms with van der Waals surface area (Å²) < 4.78 is 1.84. The predicted molar refractivity (Wildman–Crippen MR) is 114 cm³/mol. The Hall–Kier alpha value is -2.93. The second kappa shape index (κ2) is 7.48. The summed E-state index contributed by atoms with van der Waals surface area (Å²) in [6.07, 6.45) is 3.88. The van der Waals surface area contributed by atoms with Crippen LogP contribution in [0.15, 0.2) is 30.5 Å². The SMILES string of the molecule is CC(=O)Nc1ccc(NC(=O)c2cc(C3CC3)nc3c2cnn3C(C)C)cc1Cl. The van der Waals surface area contributed by atoms with Gasteiger partial charge in [-0.1, -0.05) is 11.6 Å². The van der Waals surface area contributed by atoms with Crippen LogP contribution in [0.5, 0.6) is 0 Å². The first-order chi connectivity index (χ1) is 13.8. The van der Waals surface area contributed by atoms with Gasteiger partial charge in [0.2, 0.25) is 5.91 Å². The molecule has 2 amide bonds. The van der Waals surface area contributed by atoms with Gasteiger partial charge in [-0.15, -0.1) is 0 Å². The van der Waals surface area contributed by atoms with Crippen molar-refractivity contribution in [1.82, 2.24) is 14.8 Å². The molecule has 0 saturated heterocycles. The minimum atomic E-state index is -0.244. The van der Waals surface area contributed by atoms with E-state index in [1.807, 2.05) is 24.6 Å².